The summed E-state index contributed by atoms with van der Waals surface area (Å²) in [6.07, 6.45) is 2.51. The number of rotatable bonds is 4. The first kappa shape index (κ1) is 12.5. The zero-order valence-corrected chi connectivity index (χ0v) is 11.9. The van der Waals surface area contributed by atoms with Gasteiger partial charge in [-0.25, -0.2) is 4.98 Å². The van der Waals surface area contributed by atoms with Crippen molar-refractivity contribution in [3.63, 3.8) is 0 Å². The predicted molar refractivity (Wildman–Crippen MR) is 75.5 cm³/mol. The van der Waals surface area contributed by atoms with E-state index in [1.807, 2.05) is 18.2 Å². The lowest BCUT2D eigenvalue weighted by Gasteiger charge is -1.98. The molecule has 0 aliphatic carbocycles. The minimum absolute atomic E-state index is 0.0463. The summed E-state index contributed by atoms with van der Waals surface area (Å²) in [6.45, 7) is 2.07. The van der Waals surface area contributed by atoms with E-state index in [9.17, 15) is 4.79 Å². The second-order valence-electron chi connectivity index (χ2n) is 3.78. The van der Waals surface area contributed by atoms with Crippen LogP contribution in [0, 0.1) is 0 Å². The molecule has 5 heteroatoms. The third kappa shape index (κ3) is 3.26. The van der Waals surface area contributed by atoms with Gasteiger partial charge < -0.3 is 5.32 Å². The number of hydrogen-bond acceptors (Lipinski definition) is 3. The Balaban J connectivity index is 2.11. The number of nitrogens with zero attached hydrogens (tertiary/aromatic N) is 1. The van der Waals surface area contributed by atoms with E-state index in [1.165, 1.54) is 11.3 Å². The number of amides is 1. The van der Waals surface area contributed by atoms with E-state index in [0.717, 1.165) is 27.5 Å². The Morgan fingerprint density at radius 1 is 1.53 bits per heavy atom. The first-order chi connectivity index (χ1) is 8.19. The van der Waals surface area contributed by atoms with Crippen LogP contribution in [0.1, 0.15) is 26.2 Å². The van der Waals surface area contributed by atoms with Gasteiger partial charge in [-0.2, -0.15) is 0 Å². The lowest BCUT2D eigenvalue weighted by atomic mass is 10.2. The molecule has 0 spiro atoms. The maximum atomic E-state index is 11.6. The second kappa shape index (κ2) is 5.60. The molecule has 0 atom stereocenters. The largest absolute Gasteiger partial charge is 0.302 e. The predicted octanol–water partition coefficient (Wildman–Crippen LogP) is 4.19. The Kier molecular flexibility index (Phi) is 4.12. The molecule has 17 heavy (non-hydrogen) atoms. The van der Waals surface area contributed by atoms with Crippen LogP contribution in [0.25, 0.3) is 10.2 Å². The second-order valence-corrected chi connectivity index (χ2v) is 5.73. The molecule has 0 bridgehead atoms. The maximum Gasteiger partial charge on any atom is 0.226 e. The van der Waals surface area contributed by atoms with Crippen LogP contribution in [0.2, 0.25) is 0 Å². The Labute approximate surface area is 112 Å². The monoisotopic (exact) mass is 312 g/mol. The van der Waals surface area contributed by atoms with Crippen LogP contribution in [-0.4, -0.2) is 10.9 Å². The van der Waals surface area contributed by atoms with E-state index in [1.54, 1.807) is 0 Å². The van der Waals surface area contributed by atoms with Crippen molar-refractivity contribution in [3.05, 3.63) is 22.7 Å². The number of fused-ring (bicyclic) bond motifs is 1. The zero-order valence-electron chi connectivity index (χ0n) is 9.50. The van der Waals surface area contributed by atoms with Crippen molar-refractivity contribution >= 4 is 48.5 Å². The summed E-state index contributed by atoms with van der Waals surface area (Å²) in [4.78, 5) is 15.9. The van der Waals surface area contributed by atoms with Gasteiger partial charge in [0, 0.05) is 10.9 Å². The smallest absolute Gasteiger partial charge is 0.226 e. The van der Waals surface area contributed by atoms with Gasteiger partial charge in [0.2, 0.25) is 5.91 Å². The first-order valence-corrected chi connectivity index (χ1v) is 7.16. The SMILES string of the molecule is CCCCC(=O)Nc1nc2ccc(Br)cc2s1. The van der Waals surface area contributed by atoms with Crippen molar-refractivity contribution in [1.29, 1.82) is 0 Å². The van der Waals surface area contributed by atoms with Gasteiger partial charge >= 0.3 is 0 Å². The fourth-order valence-electron chi connectivity index (χ4n) is 1.47. The molecule has 1 amide bonds. The first-order valence-electron chi connectivity index (χ1n) is 5.55. The number of anilines is 1. The van der Waals surface area contributed by atoms with Crippen LogP contribution >= 0.6 is 27.3 Å². The molecule has 0 fully saturated rings. The normalized spacial score (nSPS) is 10.7. The fraction of sp³-hybridized carbons (Fsp3) is 0.333. The summed E-state index contributed by atoms with van der Waals surface area (Å²) in [5.74, 6) is 0.0463. The lowest BCUT2D eigenvalue weighted by Crippen LogP contribution is -2.10. The van der Waals surface area contributed by atoms with Gasteiger partial charge in [0.15, 0.2) is 5.13 Å². The summed E-state index contributed by atoms with van der Waals surface area (Å²) in [6, 6.07) is 5.90. The summed E-state index contributed by atoms with van der Waals surface area (Å²) in [7, 11) is 0. The Hall–Kier alpha value is -0.940. The van der Waals surface area contributed by atoms with Crippen molar-refractivity contribution in [3.8, 4) is 0 Å². The van der Waals surface area contributed by atoms with Crippen LogP contribution in [0.15, 0.2) is 22.7 Å². The fourth-order valence-corrected chi connectivity index (χ4v) is 2.90. The molecule has 3 nitrogen and oxygen atoms in total. The molecule has 1 N–H and O–H groups in total. The molecular formula is C12H13BrN2OS. The van der Waals surface area contributed by atoms with Gasteiger partial charge in [0.05, 0.1) is 10.2 Å². The van der Waals surface area contributed by atoms with Crippen molar-refractivity contribution in [2.24, 2.45) is 0 Å². The summed E-state index contributed by atoms with van der Waals surface area (Å²) in [5.41, 5.74) is 0.920. The van der Waals surface area contributed by atoms with Gasteiger partial charge in [-0.05, 0) is 24.6 Å². The van der Waals surface area contributed by atoms with Crippen molar-refractivity contribution in [2.45, 2.75) is 26.2 Å². The zero-order chi connectivity index (χ0) is 12.3. The molecule has 2 aromatic rings. The molecule has 1 aromatic carbocycles. The highest BCUT2D eigenvalue weighted by atomic mass is 79.9. The van der Waals surface area contributed by atoms with Crippen LogP contribution in [0.3, 0.4) is 0 Å². The highest BCUT2D eigenvalue weighted by Crippen LogP contribution is 2.28. The molecule has 0 aliphatic heterocycles. The highest BCUT2D eigenvalue weighted by molar-refractivity contribution is 9.10. The number of benzene rings is 1. The van der Waals surface area contributed by atoms with Gasteiger partial charge in [0.1, 0.15) is 0 Å². The van der Waals surface area contributed by atoms with Gasteiger partial charge in [0.25, 0.3) is 0 Å². The van der Waals surface area contributed by atoms with E-state index < -0.39 is 0 Å². The third-order valence-electron chi connectivity index (χ3n) is 2.35. The molecule has 0 saturated carbocycles. The number of nitrogens with one attached hydrogen (secondary N) is 1. The van der Waals surface area contributed by atoms with Gasteiger partial charge in [-0.1, -0.05) is 40.6 Å². The van der Waals surface area contributed by atoms with Crippen LogP contribution < -0.4 is 5.32 Å². The number of halogens is 1. The van der Waals surface area contributed by atoms with Crippen molar-refractivity contribution < 1.29 is 4.79 Å². The quantitative estimate of drug-likeness (QED) is 0.919. The minimum atomic E-state index is 0.0463. The van der Waals surface area contributed by atoms with E-state index in [0.29, 0.717) is 11.6 Å². The third-order valence-corrected chi connectivity index (χ3v) is 3.78. The number of carbonyl (C=O) groups is 1. The van der Waals surface area contributed by atoms with Crippen LogP contribution in [-0.2, 0) is 4.79 Å². The summed E-state index contributed by atoms with van der Waals surface area (Å²) >= 11 is 4.92. The molecule has 0 unspecified atom stereocenters. The highest BCUT2D eigenvalue weighted by Gasteiger charge is 2.07. The number of thiazole rings is 1. The molecule has 1 heterocycles. The average molecular weight is 313 g/mol. The summed E-state index contributed by atoms with van der Waals surface area (Å²) in [5, 5.41) is 3.52. The van der Waals surface area contributed by atoms with E-state index >= 15 is 0 Å². The number of carbonyl (C=O) groups excluding carboxylic acids is 1. The minimum Gasteiger partial charge on any atom is -0.302 e. The Morgan fingerprint density at radius 3 is 3.12 bits per heavy atom. The molecule has 0 aliphatic rings. The van der Waals surface area contributed by atoms with E-state index in [4.69, 9.17) is 0 Å². The molecular weight excluding hydrogens is 300 g/mol. The number of aromatic nitrogens is 1. The Bertz CT molecular complexity index is 538. The Morgan fingerprint density at radius 2 is 2.35 bits per heavy atom. The van der Waals surface area contributed by atoms with Gasteiger partial charge in [-0.15, -0.1) is 0 Å². The maximum absolute atomic E-state index is 11.6. The van der Waals surface area contributed by atoms with Gasteiger partial charge in [-0.3, -0.25) is 4.79 Å². The van der Waals surface area contributed by atoms with E-state index in [2.05, 4.69) is 33.2 Å². The van der Waals surface area contributed by atoms with Crippen molar-refractivity contribution in [1.82, 2.24) is 4.98 Å². The topological polar surface area (TPSA) is 42.0 Å². The molecule has 0 radical (unpaired) electrons. The molecule has 1 aromatic heterocycles. The lowest BCUT2D eigenvalue weighted by molar-refractivity contribution is -0.116. The molecule has 2 rings (SSSR count). The molecule has 90 valence electrons. The number of unbranched alkanes of at least 4 members (excludes halogenated alkanes) is 1. The van der Waals surface area contributed by atoms with Crippen LogP contribution in [0.4, 0.5) is 5.13 Å². The number of hydrogen-bond donors (Lipinski definition) is 1. The summed E-state index contributed by atoms with van der Waals surface area (Å²) < 4.78 is 2.10. The van der Waals surface area contributed by atoms with Crippen molar-refractivity contribution in [2.75, 3.05) is 5.32 Å². The average Bonchev–Trinajstić information content (AvgIpc) is 2.67. The van der Waals surface area contributed by atoms with E-state index in [-0.39, 0.29) is 5.91 Å². The van der Waals surface area contributed by atoms with Crippen LogP contribution in [0.5, 0.6) is 0 Å². The standard InChI is InChI=1S/C12H13BrN2OS/c1-2-3-4-11(16)15-12-14-9-6-5-8(13)7-10(9)17-12/h5-7H,2-4H2,1H3,(H,14,15,16). The molecule has 0 saturated heterocycles.